The van der Waals surface area contributed by atoms with Gasteiger partial charge in [-0.1, -0.05) is 17.7 Å². The lowest BCUT2D eigenvalue weighted by Gasteiger charge is -2.07. The van der Waals surface area contributed by atoms with Crippen LogP contribution < -0.4 is 5.32 Å². The van der Waals surface area contributed by atoms with Crippen LogP contribution in [-0.2, 0) is 19.1 Å². The van der Waals surface area contributed by atoms with Crippen LogP contribution in [0.25, 0.3) is 0 Å². The van der Waals surface area contributed by atoms with Gasteiger partial charge in [-0.05, 0) is 24.6 Å². The zero-order valence-electron chi connectivity index (χ0n) is 11.6. The maximum atomic E-state index is 11.7. The second-order valence-corrected chi connectivity index (χ2v) is 4.63. The van der Waals surface area contributed by atoms with Crippen LogP contribution in [0.3, 0.4) is 0 Å². The van der Waals surface area contributed by atoms with Crippen LogP contribution in [-0.4, -0.2) is 32.2 Å². The highest BCUT2D eigenvalue weighted by molar-refractivity contribution is 6.31. The van der Waals surface area contributed by atoms with Crippen LogP contribution in [0.2, 0.25) is 5.02 Å². The van der Waals surface area contributed by atoms with E-state index in [1.165, 1.54) is 7.11 Å². The van der Waals surface area contributed by atoms with E-state index < -0.39 is 5.97 Å². The number of anilines is 1. The number of halogens is 1. The molecule has 0 heterocycles. The van der Waals surface area contributed by atoms with Crippen molar-refractivity contribution in [3.05, 3.63) is 28.8 Å². The molecule has 0 fully saturated rings. The molecule has 0 bridgehead atoms. The molecule has 0 saturated heterocycles. The van der Waals surface area contributed by atoms with Crippen LogP contribution in [0.5, 0.6) is 0 Å². The molecule has 0 aliphatic heterocycles. The van der Waals surface area contributed by atoms with E-state index in [0.29, 0.717) is 17.3 Å². The molecule has 0 radical (unpaired) electrons. The molecule has 0 spiro atoms. The number of carbonyl (C=O) groups is 2. The summed E-state index contributed by atoms with van der Waals surface area (Å²) in [4.78, 5) is 23.0. The average Bonchev–Trinajstić information content (AvgIpc) is 2.41. The predicted octanol–water partition coefficient (Wildman–Crippen LogP) is 2.56. The Bertz CT molecular complexity index is 476. The summed E-state index contributed by atoms with van der Waals surface area (Å²) in [6, 6.07) is 5.25. The van der Waals surface area contributed by atoms with Crippen molar-refractivity contribution in [2.75, 3.05) is 25.6 Å². The van der Waals surface area contributed by atoms with Gasteiger partial charge in [-0.25, -0.2) is 0 Å². The summed E-state index contributed by atoms with van der Waals surface area (Å²) in [6.07, 6.45) is 0.104. The Labute approximate surface area is 123 Å². The van der Waals surface area contributed by atoms with Crippen LogP contribution >= 0.6 is 11.6 Å². The Morgan fingerprint density at radius 1 is 1.25 bits per heavy atom. The third-order valence-electron chi connectivity index (χ3n) is 2.56. The highest BCUT2D eigenvalue weighted by atomic mass is 35.5. The van der Waals surface area contributed by atoms with Crippen molar-refractivity contribution < 1.29 is 19.1 Å². The molecular formula is C14H18ClNO4. The number of carbonyl (C=O) groups excluding carboxylic acids is 2. The Balaban J connectivity index is 2.32. The van der Waals surface area contributed by atoms with Crippen molar-refractivity contribution in [3.63, 3.8) is 0 Å². The van der Waals surface area contributed by atoms with E-state index in [4.69, 9.17) is 21.1 Å². The normalized spacial score (nSPS) is 10.2. The molecule has 5 nitrogen and oxygen atoms in total. The largest absolute Gasteiger partial charge is 0.463 e. The van der Waals surface area contributed by atoms with Crippen molar-refractivity contribution >= 4 is 29.2 Å². The standard InChI is InChI=1S/C14H18ClNO4/c1-10-3-4-11(9-12(10)15)16-13(17)5-6-14(18)20-8-7-19-2/h3-4,9H,5-8H2,1-2H3,(H,16,17). The number of amides is 1. The average molecular weight is 300 g/mol. The first kappa shape index (κ1) is 16.5. The van der Waals surface area contributed by atoms with Crippen LogP contribution in [0.4, 0.5) is 5.69 Å². The molecule has 0 aliphatic rings. The highest BCUT2D eigenvalue weighted by Gasteiger charge is 2.08. The number of aryl methyl sites for hydroxylation is 1. The fraction of sp³-hybridized carbons (Fsp3) is 0.429. The van der Waals surface area contributed by atoms with E-state index in [0.717, 1.165) is 5.56 Å². The van der Waals surface area contributed by atoms with E-state index in [-0.39, 0.29) is 25.4 Å². The summed E-state index contributed by atoms with van der Waals surface area (Å²) >= 11 is 5.96. The van der Waals surface area contributed by atoms with Crippen molar-refractivity contribution in [1.29, 1.82) is 0 Å². The third-order valence-corrected chi connectivity index (χ3v) is 2.97. The van der Waals surface area contributed by atoms with E-state index in [1.807, 2.05) is 13.0 Å². The number of benzene rings is 1. The lowest BCUT2D eigenvalue weighted by Crippen LogP contribution is -2.15. The minimum Gasteiger partial charge on any atom is -0.463 e. The van der Waals surface area contributed by atoms with Crippen molar-refractivity contribution in [1.82, 2.24) is 0 Å². The van der Waals surface area contributed by atoms with Gasteiger partial charge in [0.25, 0.3) is 0 Å². The molecule has 110 valence electrons. The Morgan fingerprint density at radius 2 is 2.00 bits per heavy atom. The van der Waals surface area contributed by atoms with Gasteiger partial charge < -0.3 is 14.8 Å². The fourth-order valence-corrected chi connectivity index (χ4v) is 1.60. The third kappa shape index (κ3) is 6.04. The number of hydrogen-bond donors (Lipinski definition) is 1. The SMILES string of the molecule is COCCOC(=O)CCC(=O)Nc1ccc(C)c(Cl)c1. The number of esters is 1. The molecule has 0 aromatic heterocycles. The molecule has 0 unspecified atom stereocenters. The first-order valence-corrected chi connectivity index (χ1v) is 6.61. The van der Waals surface area contributed by atoms with Gasteiger partial charge in [0.1, 0.15) is 6.61 Å². The van der Waals surface area contributed by atoms with E-state index in [1.54, 1.807) is 12.1 Å². The number of nitrogens with one attached hydrogen (secondary N) is 1. The van der Waals surface area contributed by atoms with Gasteiger partial charge in [0.2, 0.25) is 5.91 Å². The van der Waals surface area contributed by atoms with Gasteiger partial charge in [-0.2, -0.15) is 0 Å². The number of ether oxygens (including phenoxy) is 2. The molecule has 0 atom stereocenters. The molecule has 0 saturated carbocycles. The summed E-state index contributed by atoms with van der Waals surface area (Å²) in [7, 11) is 1.52. The molecule has 1 N–H and O–H groups in total. The van der Waals surface area contributed by atoms with Gasteiger partial charge in [0.05, 0.1) is 13.0 Å². The quantitative estimate of drug-likeness (QED) is 0.621. The minimum absolute atomic E-state index is 0.0368. The molecule has 1 rings (SSSR count). The van der Waals surface area contributed by atoms with E-state index in [2.05, 4.69) is 5.32 Å². The van der Waals surface area contributed by atoms with E-state index in [9.17, 15) is 9.59 Å². The summed E-state index contributed by atoms with van der Waals surface area (Å²) in [5.41, 5.74) is 1.55. The maximum absolute atomic E-state index is 11.7. The molecule has 20 heavy (non-hydrogen) atoms. The van der Waals surface area contributed by atoms with E-state index >= 15 is 0 Å². The number of hydrogen-bond acceptors (Lipinski definition) is 4. The summed E-state index contributed by atoms with van der Waals surface area (Å²) in [6.45, 7) is 2.42. The molecule has 1 aromatic carbocycles. The topological polar surface area (TPSA) is 64.6 Å². The van der Waals surface area contributed by atoms with Crippen LogP contribution in [0.15, 0.2) is 18.2 Å². The summed E-state index contributed by atoms with van der Waals surface area (Å²) in [5.74, 6) is -0.673. The maximum Gasteiger partial charge on any atom is 0.306 e. The van der Waals surface area contributed by atoms with Crippen LogP contribution in [0, 0.1) is 6.92 Å². The Morgan fingerprint density at radius 3 is 2.65 bits per heavy atom. The van der Waals surface area contributed by atoms with Gasteiger partial charge in [0.15, 0.2) is 0 Å². The van der Waals surface area contributed by atoms with Gasteiger partial charge >= 0.3 is 5.97 Å². The first-order chi connectivity index (χ1) is 9.52. The predicted molar refractivity (Wildman–Crippen MR) is 76.9 cm³/mol. The minimum atomic E-state index is -0.417. The summed E-state index contributed by atoms with van der Waals surface area (Å²) in [5, 5.41) is 3.26. The smallest absolute Gasteiger partial charge is 0.306 e. The molecule has 0 aliphatic carbocycles. The lowest BCUT2D eigenvalue weighted by atomic mass is 10.2. The number of rotatable bonds is 7. The monoisotopic (exact) mass is 299 g/mol. The second-order valence-electron chi connectivity index (χ2n) is 4.23. The van der Waals surface area contributed by atoms with Gasteiger partial charge in [-0.15, -0.1) is 0 Å². The Kier molecular flexibility index (Phi) is 7.04. The summed E-state index contributed by atoms with van der Waals surface area (Å²) < 4.78 is 9.60. The molecule has 1 aromatic rings. The van der Waals surface area contributed by atoms with Gasteiger partial charge in [-0.3, -0.25) is 9.59 Å². The highest BCUT2D eigenvalue weighted by Crippen LogP contribution is 2.20. The van der Waals surface area contributed by atoms with Gasteiger partial charge in [0, 0.05) is 24.2 Å². The molecule has 6 heteroatoms. The Hall–Kier alpha value is -1.59. The first-order valence-electron chi connectivity index (χ1n) is 6.23. The van der Waals surface area contributed by atoms with Crippen molar-refractivity contribution in [2.45, 2.75) is 19.8 Å². The second kappa shape index (κ2) is 8.55. The molecule has 1 amide bonds. The number of methoxy groups -OCH3 is 1. The van der Waals surface area contributed by atoms with Crippen molar-refractivity contribution in [3.8, 4) is 0 Å². The van der Waals surface area contributed by atoms with Crippen LogP contribution in [0.1, 0.15) is 18.4 Å². The van der Waals surface area contributed by atoms with Crippen molar-refractivity contribution in [2.24, 2.45) is 0 Å². The zero-order chi connectivity index (χ0) is 15.0. The fourth-order valence-electron chi connectivity index (χ4n) is 1.42. The molecular weight excluding hydrogens is 282 g/mol. The zero-order valence-corrected chi connectivity index (χ0v) is 12.3. The lowest BCUT2D eigenvalue weighted by molar-refractivity contribution is -0.145.